The maximum Gasteiger partial charge on any atom is 0.264 e. The Balaban J connectivity index is 2.03. The summed E-state index contributed by atoms with van der Waals surface area (Å²) in [5.74, 6) is -0.634. The Morgan fingerprint density at radius 3 is 2.12 bits per heavy atom. The molecule has 0 aliphatic carbocycles. The zero-order chi connectivity index (χ0) is 29.4. The number of hydrogen-bond acceptors (Lipinski definition) is 4. The Labute approximate surface area is 247 Å². The van der Waals surface area contributed by atoms with Crippen LogP contribution in [0.15, 0.2) is 77.7 Å². The number of carbonyl (C=O) groups excluding carboxylic acids is 2. The van der Waals surface area contributed by atoms with Gasteiger partial charge in [-0.1, -0.05) is 80.4 Å². The highest BCUT2D eigenvalue weighted by Crippen LogP contribution is 2.27. The van der Waals surface area contributed by atoms with Crippen LogP contribution in [0.25, 0.3) is 0 Å². The fourth-order valence-corrected chi connectivity index (χ4v) is 5.84. The molecule has 214 valence electrons. The second-order valence-electron chi connectivity index (χ2n) is 9.81. The van der Waals surface area contributed by atoms with Crippen LogP contribution in [0, 0.1) is 0 Å². The van der Waals surface area contributed by atoms with Crippen molar-refractivity contribution in [1.29, 1.82) is 0 Å². The van der Waals surface area contributed by atoms with Gasteiger partial charge < -0.3 is 10.2 Å². The Kier molecular flexibility index (Phi) is 11.0. The van der Waals surface area contributed by atoms with Crippen LogP contribution in [0.2, 0.25) is 10.0 Å². The fourth-order valence-electron chi connectivity index (χ4n) is 4.09. The van der Waals surface area contributed by atoms with Gasteiger partial charge in [0.15, 0.2) is 0 Å². The summed E-state index contributed by atoms with van der Waals surface area (Å²) in [6.07, 6.45) is 0.731. The van der Waals surface area contributed by atoms with Gasteiger partial charge in [0.1, 0.15) is 12.6 Å². The molecule has 10 heteroatoms. The molecule has 1 unspecified atom stereocenters. The lowest BCUT2D eigenvalue weighted by atomic mass is 10.0. The molecular weight excluding hydrogens is 569 g/mol. The van der Waals surface area contributed by atoms with E-state index in [1.807, 2.05) is 32.9 Å². The van der Waals surface area contributed by atoms with E-state index >= 15 is 0 Å². The van der Waals surface area contributed by atoms with Crippen molar-refractivity contribution in [3.63, 3.8) is 0 Å². The summed E-state index contributed by atoms with van der Waals surface area (Å²) in [7, 11) is -4.11. The van der Waals surface area contributed by atoms with Crippen molar-refractivity contribution in [2.24, 2.45) is 0 Å². The molecule has 3 aromatic rings. The number of sulfonamides is 1. The van der Waals surface area contributed by atoms with E-state index in [2.05, 4.69) is 5.32 Å². The molecule has 0 bridgehead atoms. The topological polar surface area (TPSA) is 86.8 Å². The van der Waals surface area contributed by atoms with Crippen LogP contribution in [0.1, 0.15) is 51.2 Å². The Hall–Kier alpha value is -3.07. The molecule has 7 nitrogen and oxygen atoms in total. The van der Waals surface area contributed by atoms with Gasteiger partial charge in [0, 0.05) is 13.1 Å². The number of carbonyl (C=O) groups is 2. The van der Waals surface area contributed by atoms with Crippen LogP contribution < -0.4 is 9.62 Å². The highest BCUT2D eigenvalue weighted by molar-refractivity contribution is 7.92. The lowest BCUT2D eigenvalue weighted by molar-refractivity contribution is -0.139. The van der Waals surface area contributed by atoms with E-state index in [0.717, 1.165) is 16.3 Å². The number of rotatable bonds is 12. The summed E-state index contributed by atoms with van der Waals surface area (Å²) < 4.78 is 28.8. The first-order chi connectivity index (χ1) is 18.9. The van der Waals surface area contributed by atoms with Crippen molar-refractivity contribution < 1.29 is 18.0 Å². The van der Waals surface area contributed by atoms with Gasteiger partial charge in [-0.3, -0.25) is 13.9 Å². The predicted octanol–water partition coefficient (Wildman–Crippen LogP) is 6.26. The summed E-state index contributed by atoms with van der Waals surface area (Å²) in [6.45, 7) is 7.61. The van der Waals surface area contributed by atoms with Crippen molar-refractivity contribution in [1.82, 2.24) is 10.2 Å². The summed E-state index contributed by atoms with van der Waals surface area (Å²) in [5.41, 5.74) is 2.03. The highest BCUT2D eigenvalue weighted by Gasteiger charge is 2.32. The van der Waals surface area contributed by atoms with Gasteiger partial charge >= 0.3 is 0 Å². The molecule has 3 rings (SSSR count). The summed E-state index contributed by atoms with van der Waals surface area (Å²) >= 11 is 12.3. The average molecular weight is 605 g/mol. The van der Waals surface area contributed by atoms with Gasteiger partial charge in [0.05, 0.1) is 20.6 Å². The fraction of sp³-hybridized carbons (Fsp3) is 0.333. The molecule has 1 N–H and O–H groups in total. The Morgan fingerprint density at radius 1 is 0.900 bits per heavy atom. The summed E-state index contributed by atoms with van der Waals surface area (Å²) in [6, 6.07) is 19.2. The summed E-state index contributed by atoms with van der Waals surface area (Å²) in [5, 5.41) is 3.50. The van der Waals surface area contributed by atoms with Crippen molar-refractivity contribution in [2.75, 3.05) is 17.4 Å². The van der Waals surface area contributed by atoms with Crippen LogP contribution in [-0.2, 0) is 26.2 Å². The second kappa shape index (κ2) is 14.0. The third kappa shape index (κ3) is 7.77. The predicted molar refractivity (Wildman–Crippen MR) is 161 cm³/mol. The maximum absolute atomic E-state index is 13.9. The molecule has 0 saturated heterocycles. The van der Waals surface area contributed by atoms with Gasteiger partial charge in [-0.05, 0) is 66.8 Å². The molecule has 0 spiro atoms. The molecule has 0 fully saturated rings. The SMILES string of the molecule is CCCNC(=O)C(C)N(Cc1ccc(Cl)c(Cl)c1)C(=O)CN(c1ccc(C(C)C)cc1)S(=O)(=O)c1ccccc1. The average Bonchev–Trinajstić information content (AvgIpc) is 2.95. The largest absolute Gasteiger partial charge is 0.354 e. The quantitative estimate of drug-likeness (QED) is 0.265. The van der Waals surface area contributed by atoms with Crippen LogP contribution in [0.3, 0.4) is 0 Å². The number of nitrogens with one attached hydrogen (secondary N) is 1. The van der Waals surface area contributed by atoms with Crippen molar-refractivity contribution in [3.8, 4) is 0 Å². The summed E-state index contributed by atoms with van der Waals surface area (Å²) in [4.78, 5) is 28.3. The molecule has 2 amide bonds. The molecule has 0 saturated carbocycles. The van der Waals surface area contributed by atoms with Crippen molar-refractivity contribution >= 4 is 50.7 Å². The van der Waals surface area contributed by atoms with Gasteiger partial charge in [0.2, 0.25) is 11.8 Å². The van der Waals surface area contributed by atoms with Gasteiger partial charge in [0.25, 0.3) is 10.0 Å². The van der Waals surface area contributed by atoms with Crippen LogP contribution in [0.5, 0.6) is 0 Å². The first kappa shape index (κ1) is 31.5. The number of benzene rings is 3. The minimum absolute atomic E-state index is 0.0297. The van der Waals surface area contributed by atoms with E-state index < -0.39 is 28.5 Å². The first-order valence-electron chi connectivity index (χ1n) is 13.1. The number of nitrogens with zero attached hydrogens (tertiary/aromatic N) is 2. The monoisotopic (exact) mass is 603 g/mol. The molecule has 3 aromatic carbocycles. The van der Waals surface area contributed by atoms with Crippen molar-refractivity contribution in [2.45, 2.75) is 57.5 Å². The minimum atomic E-state index is -4.11. The lowest BCUT2D eigenvalue weighted by Gasteiger charge is -2.32. The first-order valence-corrected chi connectivity index (χ1v) is 15.3. The standard InChI is InChI=1S/C30H35Cl2N3O4S/c1-5-17-33-30(37)22(4)34(19-23-11-16-27(31)28(32)18-23)29(36)20-35(25-14-12-24(13-15-25)21(2)3)40(38,39)26-9-7-6-8-10-26/h6-16,18,21-22H,5,17,19-20H2,1-4H3,(H,33,37). The minimum Gasteiger partial charge on any atom is -0.354 e. The number of anilines is 1. The van der Waals surface area contributed by atoms with E-state index in [-0.39, 0.29) is 23.3 Å². The Morgan fingerprint density at radius 2 is 1.55 bits per heavy atom. The molecule has 40 heavy (non-hydrogen) atoms. The van der Waals surface area contributed by atoms with Gasteiger partial charge in [-0.15, -0.1) is 0 Å². The van der Waals surface area contributed by atoms with Crippen molar-refractivity contribution in [3.05, 3.63) is 94.0 Å². The van der Waals surface area contributed by atoms with Gasteiger partial charge in [-0.25, -0.2) is 8.42 Å². The molecule has 0 aliphatic rings. The van der Waals surface area contributed by atoms with Crippen LogP contribution in [0.4, 0.5) is 5.69 Å². The van der Waals surface area contributed by atoms with E-state index in [4.69, 9.17) is 23.2 Å². The van der Waals surface area contributed by atoms with Gasteiger partial charge in [-0.2, -0.15) is 0 Å². The maximum atomic E-state index is 13.9. The molecule has 0 heterocycles. The van der Waals surface area contributed by atoms with E-state index in [9.17, 15) is 18.0 Å². The van der Waals surface area contributed by atoms with Crippen LogP contribution in [-0.4, -0.2) is 44.3 Å². The molecular formula is C30H35Cl2N3O4S. The lowest BCUT2D eigenvalue weighted by Crippen LogP contribution is -2.51. The molecule has 0 aromatic heterocycles. The molecule has 1 atom stereocenters. The molecule has 0 radical (unpaired) electrons. The molecule has 0 aliphatic heterocycles. The van der Waals surface area contributed by atoms with Crippen LogP contribution >= 0.6 is 23.2 Å². The smallest absolute Gasteiger partial charge is 0.264 e. The normalized spacial score (nSPS) is 12.2. The zero-order valence-electron chi connectivity index (χ0n) is 23.1. The third-order valence-electron chi connectivity index (χ3n) is 6.51. The number of hydrogen-bond donors (Lipinski definition) is 1. The number of halogens is 2. The van der Waals surface area contributed by atoms with E-state index in [1.54, 1.807) is 55.5 Å². The Bertz CT molecular complexity index is 1410. The second-order valence-corrected chi connectivity index (χ2v) is 12.5. The third-order valence-corrected chi connectivity index (χ3v) is 9.04. The van der Waals surface area contributed by atoms with E-state index in [1.165, 1.54) is 17.0 Å². The van der Waals surface area contributed by atoms with E-state index in [0.29, 0.717) is 27.8 Å². The highest BCUT2D eigenvalue weighted by atomic mass is 35.5. The number of amides is 2. The zero-order valence-corrected chi connectivity index (χ0v) is 25.4.